The first-order valence-corrected chi connectivity index (χ1v) is 7.71. The van der Waals surface area contributed by atoms with Gasteiger partial charge in [0, 0.05) is 0 Å². The highest BCUT2D eigenvalue weighted by Crippen LogP contribution is 2.24. The SMILES string of the molecule is N#Cc1cccc(-c2cc(COc3ccccc3)cc(C(=O)O)c2)c1. The molecule has 3 aromatic rings. The Labute approximate surface area is 145 Å². The van der Waals surface area contributed by atoms with Crippen LogP contribution in [0.1, 0.15) is 21.5 Å². The zero-order valence-electron chi connectivity index (χ0n) is 13.3. The third kappa shape index (κ3) is 4.04. The summed E-state index contributed by atoms with van der Waals surface area (Å²) in [6.07, 6.45) is 0. The van der Waals surface area contributed by atoms with Crippen molar-refractivity contribution in [2.24, 2.45) is 0 Å². The molecule has 0 aliphatic heterocycles. The van der Waals surface area contributed by atoms with Crippen molar-refractivity contribution in [2.45, 2.75) is 6.61 Å². The molecule has 4 heteroatoms. The van der Waals surface area contributed by atoms with Crippen LogP contribution < -0.4 is 4.74 Å². The summed E-state index contributed by atoms with van der Waals surface area (Å²) in [5, 5.41) is 18.4. The zero-order chi connectivity index (χ0) is 17.6. The number of ether oxygens (including phenoxy) is 1. The monoisotopic (exact) mass is 329 g/mol. The third-order valence-corrected chi connectivity index (χ3v) is 3.71. The second kappa shape index (κ2) is 7.33. The molecule has 3 rings (SSSR count). The van der Waals surface area contributed by atoms with E-state index in [2.05, 4.69) is 6.07 Å². The number of nitriles is 1. The van der Waals surface area contributed by atoms with Crippen LogP contribution in [0, 0.1) is 11.3 Å². The lowest BCUT2D eigenvalue weighted by Crippen LogP contribution is -2.01. The standard InChI is InChI=1S/C21H15NO3/c22-13-15-5-4-6-17(9-15)18-10-16(11-19(12-18)21(23)24)14-25-20-7-2-1-3-8-20/h1-12H,14H2,(H,23,24). The number of hydrogen-bond donors (Lipinski definition) is 1. The molecule has 0 saturated heterocycles. The average molecular weight is 329 g/mol. The van der Waals surface area contributed by atoms with E-state index in [9.17, 15) is 9.90 Å². The Balaban J connectivity index is 1.94. The van der Waals surface area contributed by atoms with E-state index in [1.165, 1.54) is 0 Å². The van der Waals surface area contributed by atoms with Crippen LogP contribution in [0.15, 0.2) is 72.8 Å². The van der Waals surface area contributed by atoms with E-state index < -0.39 is 5.97 Å². The van der Waals surface area contributed by atoms with Gasteiger partial charge in [0.2, 0.25) is 0 Å². The first-order chi connectivity index (χ1) is 12.2. The molecule has 0 aliphatic rings. The van der Waals surface area contributed by atoms with Gasteiger partial charge in [-0.15, -0.1) is 0 Å². The number of nitrogens with zero attached hydrogens (tertiary/aromatic N) is 1. The molecule has 0 heterocycles. The van der Waals surface area contributed by atoms with Gasteiger partial charge in [0.15, 0.2) is 0 Å². The molecule has 0 aromatic heterocycles. The zero-order valence-corrected chi connectivity index (χ0v) is 13.3. The molecule has 0 amide bonds. The number of rotatable bonds is 5. The fraction of sp³-hybridized carbons (Fsp3) is 0.0476. The fourth-order valence-electron chi connectivity index (χ4n) is 2.52. The van der Waals surface area contributed by atoms with Crippen molar-refractivity contribution in [3.05, 3.63) is 89.5 Å². The van der Waals surface area contributed by atoms with Gasteiger partial charge in [-0.2, -0.15) is 5.26 Å². The molecule has 0 atom stereocenters. The normalized spacial score (nSPS) is 10.0. The highest BCUT2D eigenvalue weighted by atomic mass is 16.5. The van der Waals surface area contributed by atoms with Gasteiger partial charge in [0.25, 0.3) is 0 Å². The molecule has 0 fully saturated rings. The van der Waals surface area contributed by atoms with Gasteiger partial charge in [-0.3, -0.25) is 0 Å². The van der Waals surface area contributed by atoms with Crippen molar-refractivity contribution in [2.75, 3.05) is 0 Å². The molecule has 0 bridgehead atoms. The topological polar surface area (TPSA) is 70.3 Å². The molecule has 25 heavy (non-hydrogen) atoms. The third-order valence-electron chi connectivity index (χ3n) is 3.71. The van der Waals surface area contributed by atoms with Crippen LogP contribution in [0.2, 0.25) is 0 Å². The molecular weight excluding hydrogens is 314 g/mol. The summed E-state index contributed by atoms with van der Waals surface area (Å²) in [4.78, 5) is 11.4. The van der Waals surface area contributed by atoms with E-state index >= 15 is 0 Å². The van der Waals surface area contributed by atoms with Gasteiger partial charge < -0.3 is 9.84 Å². The highest BCUT2D eigenvalue weighted by molar-refractivity contribution is 5.90. The van der Waals surface area contributed by atoms with Crippen molar-refractivity contribution in [3.63, 3.8) is 0 Å². The molecule has 3 aromatic carbocycles. The second-order valence-electron chi connectivity index (χ2n) is 5.52. The molecule has 0 radical (unpaired) electrons. The average Bonchev–Trinajstić information content (AvgIpc) is 2.67. The van der Waals surface area contributed by atoms with Gasteiger partial charge in [0.05, 0.1) is 17.2 Å². The van der Waals surface area contributed by atoms with Crippen LogP contribution in [0.3, 0.4) is 0 Å². The van der Waals surface area contributed by atoms with Crippen molar-refractivity contribution in [1.29, 1.82) is 5.26 Å². The molecule has 122 valence electrons. The van der Waals surface area contributed by atoms with E-state index in [1.807, 2.05) is 42.5 Å². The summed E-state index contributed by atoms with van der Waals surface area (Å²) >= 11 is 0. The maximum Gasteiger partial charge on any atom is 0.335 e. The lowest BCUT2D eigenvalue weighted by molar-refractivity contribution is 0.0696. The molecule has 0 spiro atoms. The van der Waals surface area contributed by atoms with Gasteiger partial charge in [-0.25, -0.2) is 4.79 Å². The minimum atomic E-state index is -1.00. The van der Waals surface area contributed by atoms with Crippen LogP contribution in [0.5, 0.6) is 5.75 Å². The van der Waals surface area contributed by atoms with Crippen LogP contribution >= 0.6 is 0 Å². The predicted molar refractivity (Wildman–Crippen MR) is 94.3 cm³/mol. The first kappa shape index (κ1) is 16.3. The number of carboxylic acid groups (broad SMARTS) is 1. The summed E-state index contributed by atoms with van der Waals surface area (Å²) in [6.45, 7) is 0.260. The molecule has 4 nitrogen and oxygen atoms in total. The van der Waals surface area contributed by atoms with Crippen molar-refractivity contribution in [1.82, 2.24) is 0 Å². The van der Waals surface area contributed by atoms with E-state index in [1.54, 1.807) is 30.3 Å². The maximum absolute atomic E-state index is 11.4. The van der Waals surface area contributed by atoms with Crippen molar-refractivity contribution in [3.8, 4) is 22.9 Å². The summed E-state index contributed by atoms with van der Waals surface area (Å²) in [5.41, 5.74) is 3.00. The number of para-hydroxylation sites is 1. The number of benzene rings is 3. The van der Waals surface area contributed by atoms with Gasteiger partial charge >= 0.3 is 5.97 Å². The predicted octanol–water partition coefficient (Wildman–Crippen LogP) is 4.50. The summed E-state index contributed by atoms with van der Waals surface area (Å²) < 4.78 is 5.72. The fourth-order valence-corrected chi connectivity index (χ4v) is 2.52. The lowest BCUT2D eigenvalue weighted by atomic mass is 9.98. The van der Waals surface area contributed by atoms with Crippen molar-refractivity contribution >= 4 is 5.97 Å². The molecule has 0 unspecified atom stereocenters. The maximum atomic E-state index is 11.4. The van der Waals surface area contributed by atoms with Crippen LogP contribution in [-0.4, -0.2) is 11.1 Å². The Morgan fingerprint density at radius 2 is 1.76 bits per heavy atom. The highest BCUT2D eigenvalue weighted by Gasteiger charge is 2.10. The Hall–Kier alpha value is -3.58. The summed E-state index contributed by atoms with van der Waals surface area (Å²) in [6, 6.07) is 23.6. The molecule has 0 saturated carbocycles. The summed E-state index contributed by atoms with van der Waals surface area (Å²) in [7, 11) is 0. The number of carbonyl (C=O) groups is 1. The molecule has 0 aliphatic carbocycles. The minimum absolute atomic E-state index is 0.187. The Kier molecular flexibility index (Phi) is 4.77. The van der Waals surface area contributed by atoms with E-state index in [0.29, 0.717) is 5.56 Å². The van der Waals surface area contributed by atoms with E-state index in [0.717, 1.165) is 22.4 Å². The lowest BCUT2D eigenvalue weighted by Gasteiger charge is -2.10. The largest absolute Gasteiger partial charge is 0.489 e. The smallest absolute Gasteiger partial charge is 0.335 e. The Bertz CT molecular complexity index is 943. The first-order valence-electron chi connectivity index (χ1n) is 7.71. The minimum Gasteiger partial charge on any atom is -0.489 e. The van der Waals surface area contributed by atoms with E-state index in [4.69, 9.17) is 10.00 Å². The second-order valence-corrected chi connectivity index (χ2v) is 5.52. The van der Waals surface area contributed by atoms with Crippen LogP contribution in [-0.2, 0) is 6.61 Å². The van der Waals surface area contributed by atoms with Crippen molar-refractivity contribution < 1.29 is 14.6 Å². The molecule has 1 N–H and O–H groups in total. The number of carboxylic acids is 1. The van der Waals surface area contributed by atoms with Crippen LogP contribution in [0.4, 0.5) is 0 Å². The van der Waals surface area contributed by atoms with Gasteiger partial charge in [-0.1, -0.05) is 30.3 Å². The summed E-state index contributed by atoms with van der Waals surface area (Å²) in [5.74, 6) is -0.282. The number of aromatic carboxylic acids is 1. The number of hydrogen-bond acceptors (Lipinski definition) is 3. The van der Waals surface area contributed by atoms with E-state index in [-0.39, 0.29) is 12.2 Å². The van der Waals surface area contributed by atoms with Gasteiger partial charge in [0.1, 0.15) is 12.4 Å². The molecular formula is C21H15NO3. The van der Waals surface area contributed by atoms with Gasteiger partial charge in [-0.05, 0) is 59.2 Å². The quantitative estimate of drug-likeness (QED) is 0.748. The Morgan fingerprint density at radius 1 is 0.960 bits per heavy atom. The Morgan fingerprint density at radius 3 is 2.48 bits per heavy atom. The van der Waals surface area contributed by atoms with Crippen LogP contribution in [0.25, 0.3) is 11.1 Å².